The summed E-state index contributed by atoms with van der Waals surface area (Å²) in [5.41, 5.74) is 2.43. The lowest BCUT2D eigenvalue weighted by Crippen LogP contribution is -2.33. The topological polar surface area (TPSA) is 71.1 Å². The lowest BCUT2D eigenvalue weighted by atomic mass is 10.1. The zero-order valence-electron chi connectivity index (χ0n) is 17.1. The molecule has 1 heterocycles. The summed E-state index contributed by atoms with van der Waals surface area (Å²) in [5.74, 6) is -0.136. The molecule has 0 bridgehead atoms. The number of rotatable bonds is 7. The van der Waals surface area contributed by atoms with Crippen LogP contribution in [0.3, 0.4) is 0 Å². The van der Waals surface area contributed by atoms with E-state index in [1.54, 1.807) is 6.07 Å². The minimum atomic E-state index is -0.343. The number of hydrogen-bond acceptors (Lipinski definition) is 4. The minimum absolute atomic E-state index is 0.0599. The van der Waals surface area contributed by atoms with Crippen LogP contribution >= 0.6 is 11.8 Å². The molecule has 5 nitrogen and oxygen atoms in total. The summed E-state index contributed by atoms with van der Waals surface area (Å²) in [6.07, 6.45) is 2.07. The molecule has 1 aromatic heterocycles. The van der Waals surface area contributed by atoms with Crippen LogP contribution in [-0.4, -0.2) is 28.1 Å². The number of amides is 2. The van der Waals surface area contributed by atoms with Crippen LogP contribution in [0.4, 0.5) is 0 Å². The minimum Gasteiger partial charge on any atom is -0.349 e. The van der Waals surface area contributed by atoms with E-state index >= 15 is 0 Å². The van der Waals surface area contributed by atoms with Crippen molar-refractivity contribution in [2.24, 2.45) is 0 Å². The van der Waals surface area contributed by atoms with Gasteiger partial charge in [0.15, 0.2) is 0 Å². The Morgan fingerprint density at radius 3 is 2.47 bits per heavy atom. The zero-order chi connectivity index (χ0) is 21.1. The molecule has 1 fully saturated rings. The summed E-state index contributed by atoms with van der Waals surface area (Å²) >= 11 is 1.37. The van der Waals surface area contributed by atoms with Gasteiger partial charge in [-0.3, -0.25) is 9.59 Å². The molecule has 2 amide bonds. The van der Waals surface area contributed by atoms with Crippen LogP contribution in [0, 0.1) is 0 Å². The summed E-state index contributed by atoms with van der Waals surface area (Å²) in [4.78, 5) is 30.2. The van der Waals surface area contributed by atoms with Crippen LogP contribution in [0.25, 0.3) is 10.9 Å². The predicted octanol–water partition coefficient (Wildman–Crippen LogP) is 4.49. The van der Waals surface area contributed by atoms with Gasteiger partial charge in [0.25, 0.3) is 5.91 Å². The number of aromatic nitrogens is 1. The quantitative estimate of drug-likeness (QED) is 0.554. The third kappa shape index (κ3) is 4.82. The van der Waals surface area contributed by atoms with E-state index in [-0.39, 0.29) is 29.1 Å². The van der Waals surface area contributed by atoms with E-state index in [1.165, 1.54) is 11.8 Å². The second kappa shape index (κ2) is 8.88. The number of hydrogen-bond donors (Lipinski definition) is 2. The monoisotopic (exact) mass is 419 g/mol. The highest BCUT2D eigenvalue weighted by Crippen LogP contribution is 2.28. The van der Waals surface area contributed by atoms with Gasteiger partial charge in [-0.15, -0.1) is 0 Å². The molecule has 0 aliphatic heterocycles. The van der Waals surface area contributed by atoms with Crippen molar-refractivity contribution in [3.63, 3.8) is 0 Å². The lowest BCUT2D eigenvalue weighted by Gasteiger charge is -2.18. The van der Waals surface area contributed by atoms with Gasteiger partial charge in [0, 0.05) is 11.4 Å². The third-order valence-electron chi connectivity index (χ3n) is 5.17. The molecule has 1 saturated carbocycles. The highest BCUT2D eigenvalue weighted by atomic mass is 32.2. The Bertz CT molecular complexity index is 1070. The normalized spacial score (nSPS) is 15.4. The third-order valence-corrected chi connectivity index (χ3v) is 6.19. The van der Waals surface area contributed by atoms with Crippen LogP contribution in [0.1, 0.15) is 48.7 Å². The first kappa shape index (κ1) is 20.4. The molecule has 2 N–H and O–H groups in total. The van der Waals surface area contributed by atoms with Crippen molar-refractivity contribution < 1.29 is 9.59 Å². The van der Waals surface area contributed by atoms with Crippen molar-refractivity contribution >= 4 is 34.5 Å². The van der Waals surface area contributed by atoms with Gasteiger partial charge in [-0.1, -0.05) is 60.3 Å². The molecule has 1 aliphatic carbocycles. The average molecular weight is 420 g/mol. The van der Waals surface area contributed by atoms with E-state index in [0.29, 0.717) is 10.6 Å². The Morgan fingerprint density at radius 2 is 1.73 bits per heavy atom. The van der Waals surface area contributed by atoms with Crippen molar-refractivity contribution in [1.29, 1.82) is 0 Å². The van der Waals surface area contributed by atoms with Gasteiger partial charge >= 0.3 is 0 Å². The molecule has 0 spiro atoms. The maximum absolute atomic E-state index is 12.8. The molecule has 30 heavy (non-hydrogen) atoms. The van der Waals surface area contributed by atoms with Crippen molar-refractivity contribution in [2.45, 2.75) is 49.0 Å². The zero-order valence-corrected chi connectivity index (χ0v) is 17.9. The van der Waals surface area contributed by atoms with Crippen LogP contribution in [0.2, 0.25) is 0 Å². The number of thioether (sulfide) groups is 1. The predicted molar refractivity (Wildman–Crippen MR) is 121 cm³/mol. The van der Waals surface area contributed by atoms with Crippen LogP contribution in [-0.2, 0) is 4.79 Å². The molecule has 6 heteroatoms. The number of nitrogens with zero attached hydrogens (tertiary/aromatic N) is 1. The second-order valence-corrected chi connectivity index (χ2v) is 9.04. The van der Waals surface area contributed by atoms with E-state index in [0.717, 1.165) is 29.3 Å². The Morgan fingerprint density at radius 1 is 1.03 bits per heavy atom. The van der Waals surface area contributed by atoms with Gasteiger partial charge in [0.2, 0.25) is 5.91 Å². The fraction of sp³-hybridized carbons (Fsp3) is 0.292. The Labute approximate surface area is 180 Å². The number of carbonyl (C=O) groups excluding carboxylic acids is 2. The fourth-order valence-corrected chi connectivity index (χ4v) is 4.15. The molecule has 0 radical (unpaired) electrons. The molecule has 1 aliphatic rings. The second-order valence-electron chi connectivity index (χ2n) is 7.67. The van der Waals surface area contributed by atoms with Crippen molar-refractivity contribution in [1.82, 2.24) is 15.6 Å². The lowest BCUT2D eigenvalue weighted by molar-refractivity contribution is -0.120. The molecule has 4 rings (SSSR count). The number of benzene rings is 2. The number of fused-ring (bicyclic) bond motifs is 1. The number of nitrogens with one attached hydrogen (secondary N) is 2. The molecule has 2 aromatic carbocycles. The Balaban J connectivity index is 1.51. The van der Waals surface area contributed by atoms with Gasteiger partial charge in [-0.25, -0.2) is 4.98 Å². The van der Waals surface area contributed by atoms with Gasteiger partial charge in [0.1, 0.15) is 0 Å². The number of carbonyl (C=O) groups is 2. The molecule has 154 valence electrons. The smallest absolute Gasteiger partial charge is 0.252 e. The first-order valence-electron chi connectivity index (χ1n) is 10.2. The van der Waals surface area contributed by atoms with E-state index < -0.39 is 0 Å². The summed E-state index contributed by atoms with van der Waals surface area (Å²) in [7, 11) is 0. The average Bonchev–Trinajstić information content (AvgIpc) is 3.57. The summed E-state index contributed by atoms with van der Waals surface area (Å²) in [6.45, 7) is 3.83. The fourth-order valence-electron chi connectivity index (χ4n) is 3.28. The van der Waals surface area contributed by atoms with Gasteiger partial charge < -0.3 is 10.6 Å². The first-order chi connectivity index (χ1) is 14.5. The van der Waals surface area contributed by atoms with Crippen LogP contribution in [0.5, 0.6) is 0 Å². The highest BCUT2D eigenvalue weighted by Gasteiger charge is 2.25. The maximum Gasteiger partial charge on any atom is 0.252 e. The van der Waals surface area contributed by atoms with Crippen molar-refractivity contribution in [3.8, 4) is 0 Å². The summed E-state index contributed by atoms with van der Waals surface area (Å²) < 4.78 is 0. The van der Waals surface area contributed by atoms with Crippen LogP contribution < -0.4 is 10.6 Å². The van der Waals surface area contributed by atoms with Gasteiger partial charge in [-0.2, -0.15) is 0 Å². The number of para-hydroxylation sites is 1. The van der Waals surface area contributed by atoms with Gasteiger partial charge in [-0.05, 0) is 44.4 Å². The standard InChI is InChI=1S/C24H25N3O2S/c1-15(17-8-4-3-5-9-17)25-23(28)16(2)30-22-14-20(24(29)26-18-12-13-18)19-10-6-7-11-21(19)27-22/h3-11,14-16,18H,12-13H2,1-2H3,(H,25,28)(H,26,29). The van der Waals surface area contributed by atoms with E-state index in [9.17, 15) is 9.59 Å². The van der Waals surface area contributed by atoms with E-state index in [1.807, 2.05) is 68.4 Å². The molecular formula is C24H25N3O2S. The summed E-state index contributed by atoms with van der Waals surface area (Å²) in [6, 6.07) is 19.5. The largest absolute Gasteiger partial charge is 0.349 e. The molecule has 2 unspecified atom stereocenters. The number of pyridine rings is 1. The van der Waals surface area contributed by atoms with Crippen LogP contribution in [0.15, 0.2) is 65.7 Å². The maximum atomic E-state index is 12.8. The summed E-state index contributed by atoms with van der Waals surface area (Å²) in [5, 5.41) is 7.27. The van der Waals surface area contributed by atoms with E-state index in [4.69, 9.17) is 0 Å². The Hall–Kier alpha value is -2.86. The molecular weight excluding hydrogens is 394 g/mol. The molecule has 2 atom stereocenters. The van der Waals surface area contributed by atoms with E-state index in [2.05, 4.69) is 15.6 Å². The van der Waals surface area contributed by atoms with Crippen molar-refractivity contribution in [2.75, 3.05) is 0 Å². The van der Waals surface area contributed by atoms with Gasteiger partial charge in [0.05, 0.1) is 27.4 Å². The molecule has 3 aromatic rings. The highest BCUT2D eigenvalue weighted by molar-refractivity contribution is 8.00. The molecule has 0 saturated heterocycles. The SMILES string of the molecule is CC(Sc1cc(C(=O)NC2CC2)c2ccccc2n1)C(=O)NC(C)c1ccccc1. The first-order valence-corrected chi connectivity index (χ1v) is 11.1. The van der Waals surface area contributed by atoms with Crippen molar-refractivity contribution in [3.05, 3.63) is 71.8 Å². The Kier molecular flexibility index (Phi) is 6.04.